The van der Waals surface area contributed by atoms with E-state index >= 15 is 0 Å². The topological polar surface area (TPSA) is 97.1 Å². The van der Waals surface area contributed by atoms with E-state index in [1.165, 1.54) is 6.20 Å². The van der Waals surface area contributed by atoms with Crippen LogP contribution in [0.5, 0.6) is 0 Å². The molecular formula is C17H20N4O2. The minimum Gasteiger partial charge on any atom is -0.352 e. The van der Waals surface area contributed by atoms with Gasteiger partial charge in [0.2, 0.25) is 0 Å². The Morgan fingerprint density at radius 1 is 0.957 bits per heavy atom. The molecule has 1 aromatic carbocycles. The first-order valence-corrected chi connectivity index (χ1v) is 7.46. The molecule has 6 nitrogen and oxygen atoms in total. The summed E-state index contributed by atoms with van der Waals surface area (Å²) in [6, 6.07) is 10.6. The second-order valence-corrected chi connectivity index (χ2v) is 5.01. The highest BCUT2D eigenvalue weighted by Crippen LogP contribution is 2.03. The van der Waals surface area contributed by atoms with E-state index in [9.17, 15) is 9.59 Å². The number of nitrogens with one attached hydrogen (secondary N) is 2. The highest BCUT2D eigenvalue weighted by atomic mass is 16.2. The number of rotatable bonds is 7. The number of benzene rings is 1. The average molecular weight is 312 g/mol. The normalized spacial score (nSPS) is 10.1. The molecule has 0 unspecified atom stereocenters. The molecule has 0 atom stereocenters. The van der Waals surface area contributed by atoms with Crippen molar-refractivity contribution in [3.05, 3.63) is 65.5 Å². The van der Waals surface area contributed by atoms with Crippen LogP contribution in [0.4, 0.5) is 0 Å². The molecule has 0 saturated carbocycles. The third-order valence-corrected chi connectivity index (χ3v) is 3.30. The number of pyridine rings is 1. The van der Waals surface area contributed by atoms with Gasteiger partial charge in [-0.05, 0) is 36.2 Å². The molecule has 0 spiro atoms. The number of hydrogen-bond donors (Lipinski definition) is 3. The van der Waals surface area contributed by atoms with Crippen LogP contribution in [-0.2, 0) is 6.54 Å². The van der Waals surface area contributed by atoms with E-state index in [1.807, 2.05) is 12.1 Å². The van der Waals surface area contributed by atoms with Crippen LogP contribution in [0.3, 0.4) is 0 Å². The first-order chi connectivity index (χ1) is 11.2. The van der Waals surface area contributed by atoms with Crippen molar-refractivity contribution in [3.8, 4) is 0 Å². The number of carbonyl (C=O) groups is 2. The highest BCUT2D eigenvalue weighted by Gasteiger charge is 2.06. The van der Waals surface area contributed by atoms with E-state index in [0.717, 1.165) is 5.56 Å². The van der Waals surface area contributed by atoms with Crippen molar-refractivity contribution >= 4 is 11.8 Å². The molecule has 6 heteroatoms. The monoisotopic (exact) mass is 312 g/mol. The van der Waals surface area contributed by atoms with Crippen LogP contribution < -0.4 is 16.4 Å². The smallest absolute Gasteiger partial charge is 0.252 e. The lowest BCUT2D eigenvalue weighted by molar-refractivity contribution is 0.0951. The summed E-state index contributed by atoms with van der Waals surface area (Å²) in [7, 11) is 0. The van der Waals surface area contributed by atoms with Crippen LogP contribution in [0.25, 0.3) is 0 Å². The Morgan fingerprint density at radius 2 is 1.61 bits per heavy atom. The van der Waals surface area contributed by atoms with Crippen molar-refractivity contribution in [2.75, 3.05) is 13.1 Å². The minimum absolute atomic E-state index is 0.132. The maximum Gasteiger partial charge on any atom is 0.252 e. The minimum atomic E-state index is -0.165. The second kappa shape index (κ2) is 8.65. The second-order valence-electron chi connectivity index (χ2n) is 5.01. The van der Waals surface area contributed by atoms with Crippen molar-refractivity contribution in [1.82, 2.24) is 15.6 Å². The fourth-order valence-corrected chi connectivity index (χ4v) is 1.99. The van der Waals surface area contributed by atoms with Gasteiger partial charge in [0, 0.05) is 37.6 Å². The fraction of sp³-hybridized carbons (Fsp3) is 0.235. The summed E-state index contributed by atoms with van der Waals surface area (Å²) in [6.45, 7) is 1.43. The predicted molar refractivity (Wildman–Crippen MR) is 87.9 cm³/mol. The summed E-state index contributed by atoms with van der Waals surface area (Å²) in [5, 5.41) is 5.60. The maximum absolute atomic E-state index is 11.9. The Morgan fingerprint density at radius 3 is 2.17 bits per heavy atom. The molecule has 1 heterocycles. The summed E-state index contributed by atoms with van der Waals surface area (Å²) in [4.78, 5) is 27.6. The lowest BCUT2D eigenvalue weighted by Gasteiger charge is -2.07. The van der Waals surface area contributed by atoms with E-state index in [1.54, 1.807) is 30.5 Å². The zero-order valence-corrected chi connectivity index (χ0v) is 12.8. The molecule has 0 aliphatic heterocycles. The van der Waals surface area contributed by atoms with E-state index in [2.05, 4.69) is 15.6 Å². The lowest BCUT2D eigenvalue weighted by atomic mass is 10.1. The van der Waals surface area contributed by atoms with Crippen LogP contribution in [-0.4, -0.2) is 29.9 Å². The van der Waals surface area contributed by atoms with E-state index in [-0.39, 0.29) is 11.8 Å². The summed E-state index contributed by atoms with van der Waals surface area (Å²) in [5.74, 6) is -0.297. The molecule has 0 bridgehead atoms. The van der Waals surface area contributed by atoms with Crippen molar-refractivity contribution < 1.29 is 9.59 Å². The molecule has 2 aromatic rings. The van der Waals surface area contributed by atoms with Gasteiger partial charge in [-0.2, -0.15) is 0 Å². The van der Waals surface area contributed by atoms with Gasteiger partial charge >= 0.3 is 0 Å². The van der Waals surface area contributed by atoms with E-state index < -0.39 is 0 Å². The van der Waals surface area contributed by atoms with Crippen molar-refractivity contribution in [2.24, 2.45) is 5.73 Å². The standard InChI is InChI=1S/C17H20N4O2/c18-11-13-4-6-14(7-5-13)16(22)20-9-2-10-21-17(23)15-3-1-8-19-12-15/h1,3-8,12H,2,9-11,18H2,(H,20,22)(H,21,23). The molecule has 4 N–H and O–H groups in total. The van der Waals surface area contributed by atoms with Crippen molar-refractivity contribution in [1.29, 1.82) is 0 Å². The molecule has 2 amide bonds. The van der Waals surface area contributed by atoms with Crippen LogP contribution in [0.15, 0.2) is 48.8 Å². The third kappa shape index (κ3) is 5.19. The van der Waals surface area contributed by atoms with Gasteiger partial charge in [-0.1, -0.05) is 12.1 Å². The number of hydrogen-bond acceptors (Lipinski definition) is 4. The van der Waals surface area contributed by atoms with Crippen molar-refractivity contribution in [3.63, 3.8) is 0 Å². The van der Waals surface area contributed by atoms with Crippen LogP contribution >= 0.6 is 0 Å². The Kier molecular flexibility index (Phi) is 6.26. The Bertz CT molecular complexity index is 641. The number of carbonyl (C=O) groups excluding carboxylic acids is 2. The molecule has 1 aromatic heterocycles. The van der Waals surface area contributed by atoms with Gasteiger partial charge in [0.25, 0.3) is 11.8 Å². The largest absolute Gasteiger partial charge is 0.352 e. The first kappa shape index (κ1) is 16.6. The number of amides is 2. The van der Waals surface area contributed by atoms with E-state index in [0.29, 0.717) is 37.2 Å². The molecule has 120 valence electrons. The summed E-state index contributed by atoms with van der Waals surface area (Å²) in [6.07, 6.45) is 3.78. The SMILES string of the molecule is NCc1ccc(C(=O)NCCCNC(=O)c2cccnc2)cc1. The molecule has 0 radical (unpaired) electrons. The zero-order valence-electron chi connectivity index (χ0n) is 12.8. The third-order valence-electron chi connectivity index (χ3n) is 3.30. The fourth-order valence-electron chi connectivity index (χ4n) is 1.99. The number of nitrogens with two attached hydrogens (primary N) is 1. The first-order valence-electron chi connectivity index (χ1n) is 7.46. The molecular weight excluding hydrogens is 292 g/mol. The van der Waals surface area contributed by atoms with Crippen LogP contribution in [0.2, 0.25) is 0 Å². The van der Waals surface area contributed by atoms with Gasteiger partial charge < -0.3 is 16.4 Å². The molecule has 0 aliphatic rings. The quantitative estimate of drug-likeness (QED) is 0.667. The van der Waals surface area contributed by atoms with Gasteiger partial charge in [-0.25, -0.2) is 0 Å². The molecule has 2 rings (SSSR count). The zero-order chi connectivity index (χ0) is 16.5. The lowest BCUT2D eigenvalue weighted by Crippen LogP contribution is -2.29. The van der Waals surface area contributed by atoms with Crippen LogP contribution in [0.1, 0.15) is 32.7 Å². The molecule has 0 fully saturated rings. The van der Waals surface area contributed by atoms with Gasteiger partial charge in [0.05, 0.1) is 5.56 Å². The van der Waals surface area contributed by atoms with Gasteiger partial charge in [-0.3, -0.25) is 14.6 Å². The summed E-state index contributed by atoms with van der Waals surface area (Å²) >= 11 is 0. The van der Waals surface area contributed by atoms with Gasteiger partial charge in [0.15, 0.2) is 0 Å². The van der Waals surface area contributed by atoms with Crippen LogP contribution in [0, 0.1) is 0 Å². The Balaban J connectivity index is 1.67. The number of aromatic nitrogens is 1. The van der Waals surface area contributed by atoms with E-state index in [4.69, 9.17) is 5.73 Å². The Hall–Kier alpha value is -2.73. The number of nitrogens with zero attached hydrogens (tertiary/aromatic N) is 1. The van der Waals surface area contributed by atoms with Crippen molar-refractivity contribution in [2.45, 2.75) is 13.0 Å². The molecule has 23 heavy (non-hydrogen) atoms. The summed E-state index contributed by atoms with van der Waals surface area (Å²) in [5.41, 5.74) is 7.63. The molecule has 0 saturated heterocycles. The Labute approximate surface area is 135 Å². The average Bonchev–Trinajstić information content (AvgIpc) is 2.62. The predicted octanol–water partition coefficient (Wildman–Crippen LogP) is 1.09. The van der Waals surface area contributed by atoms with Gasteiger partial charge in [0.1, 0.15) is 0 Å². The highest BCUT2D eigenvalue weighted by molar-refractivity contribution is 5.94. The summed E-state index contributed by atoms with van der Waals surface area (Å²) < 4.78 is 0. The molecule has 0 aliphatic carbocycles. The van der Waals surface area contributed by atoms with Gasteiger partial charge in [-0.15, -0.1) is 0 Å². The maximum atomic E-state index is 11.9.